The van der Waals surface area contributed by atoms with Crippen LogP contribution >= 0.6 is 0 Å². The molecule has 0 spiro atoms. The second-order valence-corrected chi connectivity index (χ2v) is 1.67. The quantitative estimate of drug-likeness (QED) is 0.488. The minimum Gasteiger partial charge on any atom is -0.252 e. The van der Waals surface area contributed by atoms with E-state index in [-0.39, 0.29) is 0 Å². The Morgan fingerprint density at radius 3 is 3.00 bits per heavy atom. The van der Waals surface area contributed by atoms with Gasteiger partial charge in [0.2, 0.25) is 0 Å². The van der Waals surface area contributed by atoms with Crippen molar-refractivity contribution in [1.29, 1.82) is 0 Å². The molecule has 0 aliphatic carbocycles. The van der Waals surface area contributed by atoms with Crippen molar-refractivity contribution >= 4 is 11.0 Å². The summed E-state index contributed by atoms with van der Waals surface area (Å²) in [4.78, 5) is 3.72. The zero-order valence-electron chi connectivity index (χ0n) is 4.89. The molecule has 2 rings (SSSR count). The lowest BCUT2D eigenvalue weighted by Gasteiger charge is -1.86. The summed E-state index contributed by atoms with van der Waals surface area (Å²) >= 11 is 0. The summed E-state index contributed by atoms with van der Waals surface area (Å²) in [5.74, 6) is 0. The molecule has 1 radical (unpaired) electrons. The molecule has 0 fully saturated rings. The number of rotatable bonds is 0. The van der Waals surface area contributed by atoms with Crippen molar-refractivity contribution in [3.63, 3.8) is 0 Å². The zero-order chi connectivity index (χ0) is 6.81. The van der Waals surface area contributed by atoms with E-state index in [1.807, 2.05) is 0 Å². The van der Waals surface area contributed by atoms with Gasteiger partial charge in [0, 0.05) is 6.20 Å². The van der Waals surface area contributed by atoms with E-state index in [0.717, 1.165) is 0 Å². The number of aromatic nitrogens is 5. The van der Waals surface area contributed by atoms with Crippen molar-refractivity contribution in [2.45, 2.75) is 0 Å². The van der Waals surface area contributed by atoms with Crippen LogP contribution in [0.4, 0.5) is 0 Å². The van der Waals surface area contributed by atoms with E-state index in [2.05, 4.69) is 31.8 Å². The molecule has 0 aliphatic rings. The van der Waals surface area contributed by atoms with Crippen LogP contribution in [0.15, 0.2) is 12.3 Å². The molecule has 0 atom stereocenters. The van der Waals surface area contributed by atoms with Crippen LogP contribution in [-0.2, 0) is 0 Å². The topological polar surface area (TPSA) is 64.5 Å². The zero-order valence-corrected chi connectivity index (χ0v) is 4.89. The highest BCUT2D eigenvalue weighted by Crippen LogP contribution is 1.98. The first-order valence-electron chi connectivity index (χ1n) is 2.65. The monoisotopic (exact) mass is 132 g/mol. The van der Waals surface area contributed by atoms with Crippen LogP contribution in [0, 0.1) is 6.20 Å². The molecule has 0 amide bonds. The van der Waals surface area contributed by atoms with Crippen LogP contribution in [0.5, 0.6) is 0 Å². The molecule has 47 valence electrons. The molecule has 0 aromatic carbocycles. The van der Waals surface area contributed by atoms with Gasteiger partial charge in [-0.2, -0.15) is 0 Å². The maximum Gasteiger partial charge on any atom is 0.143 e. The molecular formula is C5H2N5. The summed E-state index contributed by atoms with van der Waals surface area (Å²) in [5.41, 5.74) is 1.20. The lowest BCUT2D eigenvalue weighted by molar-refractivity contribution is 0.795. The van der Waals surface area contributed by atoms with Gasteiger partial charge in [-0.3, -0.25) is 4.98 Å². The fourth-order valence-electron chi connectivity index (χ4n) is 0.630. The second-order valence-electron chi connectivity index (χ2n) is 1.67. The summed E-state index contributed by atoms with van der Waals surface area (Å²) in [6, 6.07) is 1.70. The van der Waals surface area contributed by atoms with Crippen molar-refractivity contribution in [1.82, 2.24) is 25.6 Å². The average Bonchev–Trinajstić information content (AvgIpc) is 2.05. The first kappa shape index (κ1) is 5.16. The smallest absolute Gasteiger partial charge is 0.143 e. The fraction of sp³-hybridized carbons (Fsp3) is 0. The molecule has 0 bridgehead atoms. The molecule has 2 aromatic heterocycles. The van der Waals surface area contributed by atoms with Crippen LogP contribution < -0.4 is 0 Å². The molecule has 0 N–H and O–H groups in total. The van der Waals surface area contributed by atoms with Crippen molar-refractivity contribution in [3.8, 4) is 0 Å². The van der Waals surface area contributed by atoms with Crippen molar-refractivity contribution in [2.75, 3.05) is 0 Å². The van der Waals surface area contributed by atoms with E-state index in [4.69, 9.17) is 0 Å². The minimum atomic E-state index is 0.539. The van der Waals surface area contributed by atoms with Gasteiger partial charge in [0.15, 0.2) is 0 Å². The molecule has 0 aliphatic heterocycles. The molecule has 0 saturated carbocycles. The van der Waals surface area contributed by atoms with Gasteiger partial charge in [0.05, 0.1) is 0 Å². The van der Waals surface area contributed by atoms with Gasteiger partial charge in [-0.05, 0) is 16.5 Å². The molecule has 5 heteroatoms. The maximum atomic E-state index is 3.72. The second kappa shape index (κ2) is 1.94. The summed E-state index contributed by atoms with van der Waals surface area (Å²) in [7, 11) is 0. The fourth-order valence-corrected chi connectivity index (χ4v) is 0.630. The third kappa shape index (κ3) is 0.680. The van der Waals surface area contributed by atoms with Crippen LogP contribution in [0.25, 0.3) is 11.0 Å². The molecule has 2 aromatic rings. The minimum absolute atomic E-state index is 0.539. The van der Waals surface area contributed by atoms with Crippen molar-refractivity contribution in [3.05, 3.63) is 18.5 Å². The third-order valence-corrected chi connectivity index (χ3v) is 1.06. The number of hydrogen-bond donors (Lipinski definition) is 0. The lowest BCUT2D eigenvalue weighted by Crippen LogP contribution is -1.92. The van der Waals surface area contributed by atoms with Crippen molar-refractivity contribution < 1.29 is 0 Å². The van der Waals surface area contributed by atoms with E-state index >= 15 is 0 Å². The lowest BCUT2D eigenvalue weighted by atomic mass is 10.4. The van der Waals surface area contributed by atoms with Gasteiger partial charge in [-0.25, -0.2) is 0 Å². The molecular weight excluding hydrogens is 130 g/mol. The first-order valence-corrected chi connectivity index (χ1v) is 2.65. The van der Waals surface area contributed by atoms with E-state index < -0.39 is 0 Å². The van der Waals surface area contributed by atoms with Crippen LogP contribution in [0.1, 0.15) is 0 Å². The van der Waals surface area contributed by atoms with Crippen LogP contribution in [-0.4, -0.2) is 25.6 Å². The van der Waals surface area contributed by atoms with Crippen molar-refractivity contribution in [2.24, 2.45) is 0 Å². The number of hydrogen-bond acceptors (Lipinski definition) is 5. The Morgan fingerprint density at radius 1 is 1.20 bits per heavy atom. The largest absolute Gasteiger partial charge is 0.252 e. The molecule has 0 saturated heterocycles. The van der Waals surface area contributed by atoms with Gasteiger partial charge < -0.3 is 0 Å². The summed E-state index contributed by atoms with van der Waals surface area (Å²) in [6.45, 7) is 0. The highest BCUT2D eigenvalue weighted by atomic mass is 15.4. The summed E-state index contributed by atoms with van der Waals surface area (Å²) in [6.07, 6.45) is 4.21. The van der Waals surface area contributed by atoms with Crippen LogP contribution in [0.3, 0.4) is 0 Å². The van der Waals surface area contributed by atoms with E-state index in [0.29, 0.717) is 11.0 Å². The SMILES string of the molecule is [c]1nccc2nnnnc12. The van der Waals surface area contributed by atoms with Gasteiger partial charge >= 0.3 is 0 Å². The Balaban J connectivity index is 2.89. The molecule has 10 heavy (non-hydrogen) atoms. The predicted octanol–water partition coefficient (Wildman–Crippen LogP) is -0.385. The van der Waals surface area contributed by atoms with Gasteiger partial charge in [-0.15, -0.1) is 10.2 Å². The molecule has 2 heterocycles. The number of pyridine rings is 1. The van der Waals surface area contributed by atoms with E-state index in [9.17, 15) is 0 Å². The predicted molar refractivity (Wildman–Crippen MR) is 31.8 cm³/mol. The normalized spacial score (nSPS) is 10.0. The Labute approximate surface area is 56.1 Å². The Hall–Kier alpha value is -1.65. The Morgan fingerprint density at radius 2 is 2.10 bits per heavy atom. The molecule has 0 unspecified atom stereocenters. The summed E-state index contributed by atoms with van der Waals surface area (Å²) < 4.78 is 0. The standard InChI is InChI=1S/C5H2N5/c1-2-6-3-5-4(1)7-9-10-8-5/h1-2H. The highest BCUT2D eigenvalue weighted by Gasteiger charge is 1.92. The number of nitrogens with zero attached hydrogens (tertiary/aromatic N) is 5. The first-order chi connectivity index (χ1) is 4.97. The summed E-state index contributed by atoms with van der Waals surface area (Å²) in [5, 5.41) is 14.0. The van der Waals surface area contributed by atoms with Gasteiger partial charge in [0.25, 0.3) is 0 Å². The van der Waals surface area contributed by atoms with Crippen LogP contribution in [0.2, 0.25) is 0 Å². The third-order valence-electron chi connectivity index (χ3n) is 1.06. The average molecular weight is 132 g/mol. The maximum absolute atomic E-state index is 3.72. The highest BCUT2D eigenvalue weighted by molar-refractivity contribution is 5.69. The molecule has 5 nitrogen and oxygen atoms in total. The Bertz CT molecular complexity index is 281. The Kier molecular flexibility index (Phi) is 1.00. The van der Waals surface area contributed by atoms with Gasteiger partial charge in [0.1, 0.15) is 17.2 Å². The van der Waals surface area contributed by atoms with Gasteiger partial charge in [-0.1, -0.05) is 0 Å². The van der Waals surface area contributed by atoms with E-state index in [1.54, 1.807) is 12.3 Å². The van der Waals surface area contributed by atoms with E-state index in [1.165, 1.54) is 0 Å². The number of fused-ring (bicyclic) bond motifs is 1.